The Kier molecular flexibility index (Phi) is 41.2. The van der Waals surface area contributed by atoms with Crippen LogP contribution in [0.3, 0.4) is 0 Å². The minimum Gasteiger partial charge on any atom is -0.462 e. The van der Waals surface area contributed by atoms with Crippen molar-refractivity contribution in [2.45, 2.75) is 264 Å². The number of allylic oxidation sites excluding steroid dienone is 4. The maximum Gasteiger partial charge on any atom is 0.306 e. The lowest BCUT2D eigenvalue weighted by atomic mass is 10.0. The number of rotatable bonds is 42. The topological polar surface area (TPSA) is 95.9 Å². The van der Waals surface area contributed by atoms with Gasteiger partial charge in [0.2, 0.25) is 5.91 Å². The van der Waals surface area contributed by atoms with E-state index in [0.29, 0.717) is 19.3 Å². The van der Waals surface area contributed by atoms with Gasteiger partial charge in [0.25, 0.3) is 0 Å². The van der Waals surface area contributed by atoms with Crippen LogP contribution >= 0.6 is 0 Å². The number of nitrogens with one attached hydrogen (secondary N) is 1. The highest BCUT2D eigenvalue weighted by molar-refractivity contribution is 5.77. The molecule has 0 aromatic carbocycles. The maximum atomic E-state index is 13.1. The summed E-state index contributed by atoms with van der Waals surface area (Å²) in [4.78, 5) is 25.9. The Labute approximate surface area is 335 Å². The van der Waals surface area contributed by atoms with Gasteiger partial charge in [0.05, 0.1) is 25.2 Å². The van der Waals surface area contributed by atoms with Crippen LogP contribution in [0.5, 0.6) is 0 Å². The Hall–Kier alpha value is -1.66. The summed E-state index contributed by atoms with van der Waals surface area (Å²) in [5.41, 5.74) is 0. The van der Waals surface area contributed by atoms with Crippen LogP contribution in [-0.2, 0) is 14.3 Å². The molecule has 0 aliphatic rings. The van der Waals surface area contributed by atoms with Crippen LogP contribution in [0.15, 0.2) is 24.3 Å². The van der Waals surface area contributed by atoms with Crippen LogP contribution in [0.4, 0.5) is 0 Å². The molecule has 0 saturated carbocycles. The molecule has 3 atom stereocenters. The van der Waals surface area contributed by atoms with Gasteiger partial charge >= 0.3 is 5.97 Å². The maximum absolute atomic E-state index is 13.1. The average molecular weight is 762 g/mol. The molecule has 0 aliphatic carbocycles. The molecule has 3 unspecified atom stereocenters. The van der Waals surface area contributed by atoms with Crippen molar-refractivity contribution >= 4 is 11.9 Å². The Balaban J connectivity index is 4.44. The van der Waals surface area contributed by atoms with Gasteiger partial charge in [-0.25, -0.2) is 0 Å². The van der Waals surface area contributed by atoms with E-state index in [1.54, 1.807) is 0 Å². The second kappa shape index (κ2) is 42.5. The molecular formula is C48H91NO5. The number of aliphatic hydroxyl groups is 2. The van der Waals surface area contributed by atoms with Crippen molar-refractivity contribution < 1.29 is 24.5 Å². The van der Waals surface area contributed by atoms with Gasteiger partial charge in [-0.2, -0.15) is 0 Å². The Morgan fingerprint density at radius 2 is 0.926 bits per heavy atom. The molecule has 0 aromatic rings. The van der Waals surface area contributed by atoms with Crippen molar-refractivity contribution in [2.24, 2.45) is 0 Å². The molecule has 0 fully saturated rings. The van der Waals surface area contributed by atoms with Gasteiger partial charge < -0.3 is 20.3 Å². The molecule has 0 spiro atoms. The van der Waals surface area contributed by atoms with E-state index in [9.17, 15) is 19.8 Å². The van der Waals surface area contributed by atoms with E-state index >= 15 is 0 Å². The third kappa shape index (κ3) is 37.3. The Morgan fingerprint density at radius 3 is 1.37 bits per heavy atom. The lowest BCUT2D eigenvalue weighted by Crippen LogP contribution is -2.46. The highest BCUT2D eigenvalue weighted by Crippen LogP contribution is 2.17. The molecule has 0 aromatic heterocycles. The van der Waals surface area contributed by atoms with Crippen LogP contribution in [0.2, 0.25) is 0 Å². The van der Waals surface area contributed by atoms with E-state index in [-0.39, 0.29) is 24.9 Å². The molecule has 6 nitrogen and oxygen atoms in total. The van der Waals surface area contributed by atoms with Gasteiger partial charge in [-0.15, -0.1) is 0 Å². The van der Waals surface area contributed by atoms with Crippen molar-refractivity contribution in [2.75, 3.05) is 6.61 Å². The Morgan fingerprint density at radius 1 is 0.537 bits per heavy atom. The third-order valence-electron chi connectivity index (χ3n) is 10.8. The summed E-state index contributed by atoms with van der Waals surface area (Å²) in [6.45, 7) is 6.43. The van der Waals surface area contributed by atoms with Crippen molar-refractivity contribution in [3.05, 3.63) is 24.3 Å². The largest absolute Gasteiger partial charge is 0.462 e. The molecule has 0 radical (unpaired) electrons. The molecule has 0 aliphatic heterocycles. The monoisotopic (exact) mass is 762 g/mol. The minimum absolute atomic E-state index is 0.0747. The summed E-state index contributed by atoms with van der Waals surface area (Å²) in [5.74, 6) is -0.488. The highest BCUT2D eigenvalue weighted by Gasteiger charge is 2.24. The van der Waals surface area contributed by atoms with Crippen molar-refractivity contribution in [3.8, 4) is 0 Å². The summed E-state index contributed by atoms with van der Waals surface area (Å²) in [6, 6.07) is -0.697. The van der Waals surface area contributed by atoms with Gasteiger partial charge in [-0.3, -0.25) is 9.59 Å². The molecule has 0 heterocycles. The molecule has 3 N–H and O–H groups in total. The molecular weight excluding hydrogens is 671 g/mol. The van der Waals surface area contributed by atoms with Crippen LogP contribution < -0.4 is 5.32 Å². The first-order valence-corrected chi connectivity index (χ1v) is 23.6. The van der Waals surface area contributed by atoms with E-state index in [1.807, 2.05) is 0 Å². The number of esters is 1. The normalized spacial score (nSPS) is 13.5. The SMILES string of the molecule is CCCCCCCCC/C=C/C=C/CCCCCCCC(=O)OC(CCCCCCCCCC)CC(=O)NC(CO)C(O)CCCCCCCCCCC. The second-order valence-electron chi connectivity index (χ2n) is 16.2. The van der Waals surface area contributed by atoms with Crippen molar-refractivity contribution in [1.29, 1.82) is 0 Å². The molecule has 0 saturated heterocycles. The predicted octanol–water partition coefficient (Wildman–Crippen LogP) is 13.6. The van der Waals surface area contributed by atoms with Crippen LogP contribution in [0, 0.1) is 0 Å². The van der Waals surface area contributed by atoms with Gasteiger partial charge in [0, 0.05) is 6.42 Å². The number of carbonyl (C=O) groups is 2. The van der Waals surface area contributed by atoms with E-state index in [0.717, 1.165) is 57.8 Å². The first-order valence-electron chi connectivity index (χ1n) is 23.6. The molecule has 54 heavy (non-hydrogen) atoms. The van der Waals surface area contributed by atoms with E-state index in [4.69, 9.17) is 4.74 Å². The van der Waals surface area contributed by atoms with Crippen molar-refractivity contribution in [1.82, 2.24) is 5.32 Å². The smallest absolute Gasteiger partial charge is 0.306 e. The summed E-state index contributed by atoms with van der Waals surface area (Å²) in [6.07, 6.45) is 46.8. The molecule has 1 amide bonds. The molecule has 318 valence electrons. The van der Waals surface area contributed by atoms with Crippen LogP contribution in [0.25, 0.3) is 0 Å². The number of hydrogen-bond donors (Lipinski definition) is 3. The summed E-state index contributed by atoms with van der Waals surface area (Å²) < 4.78 is 5.88. The fourth-order valence-corrected chi connectivity index (χ4v) is 7.19. The summed E-state index contributed by atoms with van der Waals surface area (Å²) in [7, 11) is 0. The second-order valence-corrected chi connectivity index (χ2v) is 16.2. The number of aliphatic hydroxyl groups excluding tert-OH is 2. The zero-order chi connectivity index (χ0) is 39.6. The molecule has 6 heteroatoms. The number of hydrogen-bond acceptors (Lipinski definition) is 5. The first-order chi connectivity index (χ1) is 26.5. The fourth-order valence-electron chi connectivity index (χ4n) is 7.19. The van der Waals surface area contributed by atoms with Crippen LogP contribution in [0.1, 0.15) is 245 Å². The van der Waals surface area contributed by atoms with E-state index in [1.165, 1.54) is 141 Å². The standard InChI is InChI=1S/C48H91NO5/c1-4-7-10-13-16-19-20-21-22-23-24-25-26-27-29-32-35-38-41-48(53)54-44(39-36-33-30-18-15-12-9-6-3)42-47(52)49-45(43-50)46(51)40-37-34-31-28-17-14-11-8-5-2/h22-25,44-46,50-51H,4-21,26-43H2,1-3H3,(H,49,52)/b23-22+,25-24+. The quantitative estimate of drug-likeness (QED) is 0.0327. The lowest BCUT2D eigenvalue weighted by molar-refractivity contribution is -0.151. The summed E-state index contributed by atoms with van der Waals surface area (Å²) >= 11 is 0. The predicted molar refractivity (Wildman–Crippen MR) is 232 cm³/mol. The zero-order valence-electron chi connectivity index (χ0n) is 36.1. The molecule has 0 rings (SSSR count). The highest BCUT2D eigenvalue weighted by atomic mass is 16.5. The van der Waals surface area contributed by atoms with Gasteiger partial charge in [-0.05, 0) is 51.4 Å². The van der Waals surface area contributed by atoms with Gasteiger partial charge in [-0.1, -0.05) is 206 Å². The average Bonchev–Trinajstić information content (AvgIpc) is 3.16. The summed E-state index contributed by atoms with van der Waals surface area (Å²) in [5, 5.41) is 23.5. The van der Waals surface area contributed by atoms with E-state index < -0.39 is 18.2 Å². The Bertz CT molecular complexity index is 858. The van der Waals surface area contributed by atoms with Gasteiger partial charge in [0.1, 0.15) is 6.10 Å². The number of amides is 1. The van der Waals surface area contributed by atoms with Gasteiger partial charge in [0.15, 0.2) is 0 Å². The number of carbonyl (C=O) groups excluding carboxylic acids is 2. The number of unbranched alkanes of at least 4 members (excludes halogenated alkanes) is 27. The fraction of sp³-hybridized carbons (Fsp3) is 0.875. The first kappa shape index (κ1) is 52.3. The molecule has 0 bridgehead atoms. The lowest BCUT2D eigenvalue weighted by Gasteiger charge is -2.24. The van der Waals surface area contributed by atoms with Crippen LogP contribution in [-0.4, -0.2) is 46.9 Å². The zero-order valence-corrected chi connectivity index (χ0v) is 36.1. The third-order valence-corrected chi connectivity index (χ3v) is 10.8. The number of ether oxygens (including phenoxy) is 1. The van der Waals surface area contributed by atoms with Crippen molar-refractivity contribution in [3.63, 3.8) is 0 Å². The van der Waals surface area contributed by atoms with E-state index in [2.05, 4.69) is 50.4 Å². The minimum atomic E-state index is -0.783.